The number of carbonyl (C=O) groups is 2. The maximum Gasteiger partial charge on any atom is 0.255 e. The number of rotatable bonds is 2. The smallest absolute Gasteiger partial charge is 0.255 e. The number of hydrogen-bond donors (Lipinski definition) is 1. The Morgan fingerprint density at radius 2 is 1.87 bits per heavy atom. The van der Waals surface area contributed by atoms with E-state index >= 15 is 0 Å². The van der Waals surface area contributed by atoms with Crippen LogP contribution < -0.4 is 5.32 Å². The van der Waals surface area contributed by atoms with E-state index in [1.165, 1.54) is 0 Å². The molecule has 1 aliphatic carbocycles. The predicted octanol–water partition coefficient (Wildman–Crippen LogP) is 3.93. The Bertz CT molecular complexity index is 1200. The van der Waals surface area contributed by atoms with Crippen LogP contribution >= 0.6 is 0 Å². The summed E-state index contributed by atoms with van der Waals surface area (Å²) in [5.74, 6) is 0.226. The SMILES string of the molecule is CC1C/C(=C\c2ccccc2)c2nc3ccccc3c(C(=O)N3CCNC(=O)C3)c2C1. The van der Waals surface area contributed by atoms with E-state index in [9.17, 15) is 9.59 Å². The van der Waals surface area contributed by atoms with Crippen molar-refractivity contribution < 1.29 is 9.59 Å². The molecule has 156 valence electrons. The molecule has 0 saturated carbocycles. The molecule has 0 radical (unpaired) electrons. The number of benzene rings is 2. The van der Waals surface area contributed by atoms with Gasteiger partial charge in [-0.2, -0.15) is 0 Å². The Morgan fingerprint density at radius 3 is 2.68 bits per heavy atom. The summed E-state index contributed by atoms with van der Waals surface area (Å²) in [4.78, 5) is 32.3. The van der Waals surface area contributed by atoms with Gasteiger partial charge in [-0.05, 0) is 47.6 Å². The number of fused-ring (bicyclic) bond motifs is 2. The fraction of sp³-hybridized carbons (Fsp3) is 0.269. The largest absolute Gasteiger partial charge is 0.353 e. The summed E-state index contributed by atoms with van der Waals surface area (Å²) in [5.41, 5.74) is 5.76. The van der Waals surface area contributed by atoms with Crippen LogP contribution in [-0.2, 0) is 11.2 Å². The second kappa shape index (κ2) is 7.99. The van der Waals surface area contributed by atoms with E-state index in [-0.39, 0.29) is 18.4 Å². The Hall–Kier alpha value is -3.47. The molecule has 2 aromatic carbocycles. The molecule has 0 spiro atoms. The van der Waals surface area contributed by atoms with E-state index in [0.29, 0.717) is 24.6 Å². The van der Waals surface area contributed by atoms with E-state index < -0.39 is 0 Å². The third kappa shape index (κ3) is 3.72. The van der Waals surface area contributed by atoms with Gasteiger partial charge >= 0.3 is 0 Å². The van der Waals surface area contributed by atoms with Crippen molar-refractivity contribution in [2.24, 2.45) is 5.92 Å². The average Bonchev–Trinajstić information content (AvgIpc) is 2.78. The number of para-hydroxylation sites is 1. The molecule has 2 amide bonds. The third-order valence-electron chi connectivity index (χ3n) is 6.10. The van der Waals surface area contributed by atoms with Gasteiger partial charge in [-0.25, -0.2) is 4.98 Å². The van der Waals surface area contributed by atoms with Gasteiger partial charge in [0.05, 0.1) is 23.3 Å². The number of hydrogen-bond acceptors (Lipinski definition) is 3. The van der Waals surface area contributed by atoms with Crippen LogP contribution in [0.1, 0.15) is 40.5 Å². The van der Waals surface area contributed by atoms with Crippen LogP contribution in [0.4, 0.5) is 0 Å². The summed E-state index contributed by atoms with van der Waals surface area (Å²) in [5, 5.41) is 3.67. The van der Waals surface area contributed by atoms with Crippen molar-refractivity contribution in [1.82, 2.24) is 15.2 Å². The van der Waals surface area contributed by atoms with Crippen molar-refractivity contribution in [3.8, 4) is 0 Å². The first-order valence-corrected chi connectivity index (χ1v) is 10.8. The average molecular weight is 412 g/mol. The van der Waals surface area contributed by atoms with E-state index in [1.54, 1.807) is 4.90 Å². The molecule has 5 nitrogen and oxygen atoms in total. The topological polar surface area (TPSA) is 62.3 Å². The Balaban J connectivity index is 1.71. The zero-order chi connectivity index (χ0) is 21.4. The highest BCUT2D eigenvalue weighted by Gasteiger charge is 2.31. The highest BCUT2D eigenvalue weighted by molar-refractivity contribution is 6.10. The van der Waals surface area contributed by atoms with Crippen LogP contribution in [0.15, 0.2) is 54.6 Å². The molecule has 1 aromatic heterocycles. The van der Waals surface area contributed by atoms with Crippen LogP contribution in [0.2, 0.25) is 0 Å². The van der Waals surface area contributed by atoms with Crippen molar-refractivity contribution in [3.63, 3.8) is 0 Å². The van der Waals surface area contributed by atoms with Crippen LogP contribution in [0.25, 0.3) is 22.6 Å². The minimum atomic E-state index is -0.107. The monoisotopic (exact) mass is 411 g/mol. The number of nitrogens with zero attached hydrogens (tertiary/aromatic N) is 2. The molecular weight excluding hydrogens is 386 g/mol. The molecule has 2 heterocycles. The molecule has 1 atom stereocenters. The molecule has 1 N–H and O–H groups in total. The van der Waals surface area contributed by atoms with Gasteiger partial charge in [0, 0.05) is 18.5 Å². The minimum Gasteiger partial charge on any atom is -0.353 e. The van der Waals surface area contributed by atoms with E-state index in [2.05, 4.69) is 30.4 Å². The predicted molar refractivity (Wildman–Crippen MR) is 122 cm³/mol. The lowest BCUT2D eigenvalue weighted by Gasteiger charge is -2.31. The number of carbonyl (C=O) groups excluding carboxylic acids is 2. The highest BCUT2D eigenvalue weighted by Crippen LogP contribution is 2.39. The molecule has 3 aromatic rings. The molecule has 5 heteroatoms. The number of pyridine rings is 1. The molecule has 1 saturated heterocycles. The Labute approximate surface area is 181 Å². The molecule has 5 rings (SSSR count). The lowest BCUT2D eigenvalue weighted by atomic mass is 9.80. The van der Waals surface area contributed by atoms with Gasteiger partial charge in [0.25, 0.3) is 5.91 Å². The highest BCUT2D eigenvalue weighted by atomic mass is 16.2. The number of piperazine rings is 1. The van der Waals surface area contributed by atoms with Gasteiger partial charge in [-0.1, -0.05) is 55.5 Å². The lowest BCUT2D eigenvalue weighted by molar-refractivity contribution is -0.123. The fourth-order valence-electron chi connectivity index (χ4n) is 4.70. The van der Waals surface area contributed by atoms with Gasteiger partial charge < -0.3 is 10.2 Å². The normalized spacial score (nSPS) is 19.9. The maximum absolute atomic E-state index is 13.7. The van der Waals surface area contributed by atoms with Crippen LogP contribution in [0, 0.1) is 5.92 Å². The van der Waals surface area contributed by atoms with Crippen molar-refractivity contribution >= 4 is 34.4 Å². The molecule has 1 fully saturated rings. The summed E-state index contributed by atoms with van der Waals surface area (Å²) in [6.45, 7) is 3.34. The first kappa shape index (κ1) is 19.5. The van der Waals surface area contributed by atoms with Gasteiger partial charge in [0.15, 0.2) is 0 Å². The van der Waals surface area contributed by atoms with Gasteiger partial charge in [-0.3, -0.25) is 9.59 Å². The lowest BCUT2D eigenvalue weighted by Crippen LogP contribution is -2.50. The van der Waals surface area contributed by atoms with Gasteiger partial charge in [-0.15, -0.1) is 0 Å². The first-order valence-electron chi connectivity index (χ1n) is 10.8. The molecule has 2 aliphatic rings. The molecule has 1 aliphatic heterocycles. The number of allylic oxidation sites excluding steroid dienone is 1. The number of amides is 2. The Kier molecular flexibility index (Phi) is 5.02. The second-order valence-electron chi connectivity index (χ2n) is 8.50. The standard InChI is InChI=1S/C26H25N3O2/c1-17-13-19(15-18-7-3-2-4-8-18)25-21(14-17)24(20-9-5-6-10-22(20)28-25)26(31)29-12-11-27-23(30)16-29/h2-10,15,17H,11-14,16H2,1H3,(H,27,30)/b19-15+. The summed E-state index contributed by atoms with van der Waals surface area (Å²) in [6, 6.07) is 18.1. The quantitative estimate of drug-likeness (QED) is 0.695. The van der Waals surface area contributed by atoms with Crippen molar-refractivity contribution in [1.29, 1.82) is 0 Å². The first-order chi connectivity index (χ1) is 15.1. The summed E-state index contributed by atoms with van der Waals surface area (Å²) >= 11 is 0. The third-order valence-corrected chi connectivity index (χ3v) is 6.10. The van der Waals surface area contributed by atoms with E-state index in [0.717, 1.165) is 46.1 Å². The summed E-state index contributed by atoms with van der Waals surface area (Å²) in [6.07, 6.45) is 3.92. The number of nitrogens with one attached hydrogen (secondary N) is 1. The molecular formula is C26H25N3O2. The zero-order valence-electron chi connectivity index (χ0n) is 17.6. The minimum absolute atomic E-state index is 0.0714. The molecule has 0 bridgehead atoms. The fourth-order valence-corrected chi connectivity index (χ4v) is 4.70. The summed E-state index contributed by atoms with van der Waals surface area (Å²) < 4.78 is 0. The van der Waals surface area contributed by atoms with Gasteiger partial charge in [0.2, 0.25) is 5.91 Å². The number of aromatic nitrogens is 1. The second-order valence-corrected chi connectivity index (χ2v) is 8.50. The van der Waals surface area contributed by atoms with Crippen LogP contribution in [0.3, 0.4) is 0 Å². The van der Waals surface area contributed by atoms with Crippen molar-refractivity contribution in [3.05, 3.63) is 77.0 Å². The van der Waals surface area contributed by atoms with Crippen molar-refractivity contribution in [2.45, 2.75) is 19.8 Å². The van der Waals surface area contributed by atoms with E-state index in [1.807, 2.05) is 42.5 Å². The van der Waals surface area contributed by atoms with Gasteiger partial charge in [0.1, 0.15) is 0 Å². The zero-order valence-corrected chi connectivity index (χ0v) is 17.6. The maximum atomic E-state index is 13.7. The summed E-state index contributed by atoms with van der Waals surface area (Å²) in [7, 11) is 0. The van der Waals surface area contributed by atoms with Crippen LogP contribution in [0.5, 0.6) is 0 Å². The van der Waals surface area contributed by atoms with E-state index in [4.69, 9.17) is 4.98 Å². The Morgan fingerprint density at radius 1 is 1.10 bits per heavy atom. The molecule has 31 heavy (non-hydrogen) atoms. The van der Waals surface area contributed by atoms with Crippen LogP contribution in [-0.4, -0.2) is 41.3 Å². The van der Waals surface area contributed by atoms with Crippen molar-refractivity contribution in [2.75, 3.05) is 19.6 Å². The molecule has 1 unspecified atom stereocenters.